The van der Waals surface area contributed by atoms with Gasteiger partial charge in [-0.05, 0) is 119 Å². The van der Waals surface area contributed by atoms with E-state index in [4.69, 9.17) is 24.9 Å². The first kappa shape index (κ1) is 42.4. The van der Waals surface area contributed by atoms with Gasteiger partial charge in [-0.1, -0.05) is 146 Å². The molecule has 0 aliphatic heterocycles. The van der Waals surface area contributed by atoms with Crippen molar-refractivity contribution in [3.8, 4) is 73.7 Å². The molecule has 9 aromatic carbocycles. The average Bonchev–Trinajstić information content (AvgIpc) is 4.18. The fourth-order valence-corrected chi connectivity index (χ4v) is 11.1. The lowest BCUT2D eigenvalue weighted by Crippen LogP contribution is -2.02. The molecule has 15 aromatic rings. The van der Waals surface area contributed by atoms with Crippen molar-refractivity contribution in [2.24, 2.45) is 0 Å². The molecule has 6 heterocycles. The van der Waals surface area contributed by atoms with Crippen LogP contribution in [0.15, 0.2) is 255 Å². The van der Waals surface area contributed by atoms with Gasteiger partial charge in [-0.2, -0.15) is 0 Å². The highest BCUT2D eigenvalue weighted by Gasteiger charge is 2.20. The number of para-hydroxylation sites is 3. The fraction of sp³-hybridized carbons (Fsp3) is 0. The maximum absolute atomic E-state index is 5.09. The first-order valence-corrected chi connectivity index (χ1v) is 25.1. The Morgan fingerprint density at radius 3 is 1.16 bits per heavy atom. The largest absolute Gasteiger partial charge is 0.309 e. The third-order valence-corrected chi connectivity index (χ3v) is 14.6. The molecule has 0 unspecified atom stereocenters. The van der Waals surface area contributed by atoms with E-state index < -0.39 is 0 Å². The van der Waals surface area contributed by atoms with Gasteiger partial charge in [-0.25, -0.2) is 19.9 Å². The zero-order valence-electron chi connectivity index (χ0n) is 40.3. The van der Waals surface area contributed by atoms with Crippen LogP contribution in [-0.4, -0.2) is 38.6 Å². The average molecular weight is 959 g/mol. The van der Waals surface area contributed by atoms with Crippen molar-refractivity contribution < 1.29 is 0 Å². The second-order valence-electron chi connectivity index (χ2n) is 18.9. The van der Waals surface area contributed by atoms with Crippen LogP contribution in [0.25, 0.3) is 139 Å². The molecule has 0 fully saturated rings. The minimum absolute atomic E-state index is 0.509. The van der Waals surface area contributed by atoms with Crippen molar-refractivity contribution in [3.63, 3.8) is 0 Å². The molecule has 6 aromatic heterocycles. The maximum atomic E-state index is 5.09. The van der Waals surface area contributed by atoms with Gasteiger partial charge < -0.3 is 9.13 Å². The maximum Gasteiger partial charge on any atom is 0.182 e. The molecule has 75 heavy (non-hydrogen) atoms. The van der Waals surface area contributed by atoms with E-state index in [1.54, 1.807) is 0 Å². The summed E-state index contributed by atoms with van der Waals surface area (Å²) in [5.41, 5.74) is 15.9. The van der Waals surface area contributed by atoms with Crippen LogP contribution < -0.4 is 0 Å². The Balaban J connectivity index is 0.897. The Morgan fingerprint density at radius 1 is 0.253 bits per heavy atom. The zero-order valence-corrected chi connectivity index (χ0v) is 40.3. The van der Waals surface area contributed by atoms with E-state index in [1.807, 2.05) is 91.3 Å². The SMILES string of the molecule is c1ccc(-c2nc(-c3ccccc3)nc(-c3ccc(-n4c5ccc(-c6ccc7c(c6)c6ccccc6n7-c6ccccc6)cc5c5cc(-c6ccc7c(c6)c6ccccc6n7-c6ccccn6)ccc54)cn3)n2)cc1. The van der Waals surface area contributed by atoms with Crippen LogP contribution in [0.2, 0.25) is 0 Å². The van der Waals surface area contributed by atoms with E-state index in [1.165, 1.54) is 32.6 Å². The van der Waals surface area contributed by atoms with Crippen LogP contribution >= 0.6 is 0 Å². The molecule has 0 spiro atoms. The molecule has 0 saturated carbocycles. The summed E-state index contributed by atoms with van der Waals surface area (Å²) >= 11 is 0. The Bertz CT molecular complexity index is 4400. The standard InChI is InChI=1S/C67H42N8/c1-4-16-43(17-5-1)65-70-66(44-18-6-2-7-19-44)72-67(71-65)57-32-31-50(42-69-57)74-61-34-28-47(45-27-33-60-53(38-45)51-22-10-12-24-58(51)73(60)49-20-8-3-9-21-49)40-55(61)56-41-48(29-35-62(56)74)46-30-36-63-54(39-46)52-23-11-13-25-59(52)75(63)64-26-14-15-37-68-64/h1-42H. The Kier molecular flexibility index (Phi) is 9.71. The lowest BCUT2D eigenvalue weighted by atomic mass is 9.98. The summed E-state index contributed by atoms with van der Waals surface area (Å²) in [4.78, 5) is 24.7. The highest BCUT2D eigenvalue weighted by atomic mass is 15.1. The second kappa shape index (κ2) is 17.2. The Hall–Kier alpha value is -10.3. The molecule has 0 aliphatic rings. The van der Waals surface area contributed by atoms with Crippen molar-refractivity contribution in [2.75, 3.05) is 0 Å². The number of fused-ring (bicyclic) bond motifs is 9. The van der Waals surface area contributed by atoms with Gasteiger partial charge in [0.25, 0.3) is 0 Å². The molecule has 8 nitrogen and oxygen atoms in total. The van der Waals surface area contributed by atoms with Crippen LogP contribution in [0.5, 0.6) is 0 Å². The van der Waals surface area contributed by atoms with Crippen molar-refractivity contribution in [2.45, 2.75) is 0 Å². The van der Waals surface area contributed by atoms with Crippen LogP contribution in [-0.2, 0) is 0 Å². The minimum atomic E-state index is 0.509. The van der Waals surface area contributed by atoms with Gasteiger partial charge >= 0.3 is 0 Å². The topological polar surface area (TPSA) is 79.2 Å². The Morgan fingerprint density at radius 2 is 0.667 bits per heavy atom. The van der Waals surface area contributed by atoms with Crippen LogP contribution in [0.1, 0.15) is 0 Å². The summed E-state index contributed by atoms with van der Waals surface area (Å²) in [6.07, 6.45) is 3.79. The van der Waals surface area contributed by atoms with Gasteiger partial charge in [-0.15, -0.1) is 0 Å². The van der Waals surface area contributed by atoms with Gasteiger partial charge in [0.1, 0.15) is 11.5 Å². The first-order valence-electron chi connectivity index (χ1n) is 25.1. The molecule has 0 amide bonds. The van der Waals surface area contributed by atoms with Crippen LogP contribution in [0.3, 0.4) is 0 Å². The molecule has 0 bridgehead atoms. The zero-order chi connectivity index (χ0) is 49.4. The monoisotopic (exact) mass is 958 g/mol. The molecule has 350 valence electrons. The highest BCUT2D eigenvalue weighted by molar-refractivity contribution is 6.14. The summed E-state index contributed by atoms with van der Waals surface area (Å²) < 4.78 is 6.95. The summed E-state index contributed by atoms with van der Waals surface area (Å²) in [7, 11) is 0. The van der Waals surface area contributed by atoms with E-state index >= 15 is 0 Å². The van der Waals surface area contributed by atoms with Gasteiger partial charge in [0.15, 0.2) is 17.5 Å². The predicted octanol–water partition coefficient (Wildman–Crippen LogP) is 16.3. The Labute approximate surface area is 430 Å². The quantitative estimate of drug-likeness (QED) is 0.152. The fourth-order valence-electron chi connectivity index (χ4n) is 11.1. The van der Waals surface area contributed by atoms with Crippen LogP contribution in [0, 0.1) is 0 Å². The number of nitrogens with zero attached hydrogens (tertiary/aromatic N) is 8. The van der Waals surface area contributed by atoms with Gasteiger partial charge in [0.05, 0.1) is 45.0 Å². The van der Waals surface area contributed by atoms with E-state index in [0.717, 1.165) is 83.4 Å². The molecule has 0 saturated heterocycles. The number of aromatic nitrogens is 8. The third kappa shape index (κ3) is 7.03. The number of rotatable bonds is 8. The summed E-state index contributed by atoms with van der Waals surface area (Å²) in [6.45, 7) is 0. The van der Waals surface area contributed by atoms with Crippen molar-refractivity contribution in [3.05, 3.63) is 255 Å². The van der Waals surface area contributed by atoms with Crippen molar-refractivity contribution >= 4 is 65.4 Å². The second-order valence-corrected chi connectivity index (χ2v) is 18.9. The number of pyridine rings is 2. The molecule has 0 N–H and O–H groups in total. The molecule has 0 atom stereocenters. The molecule has 8 heteroatoms. The predicted molar refractivity (Wildman–Crippen MR) is 306 cm³/mol. The summed E-state index contributed by atoms with van der Waals surface area (Å²) in [5, 5.41) is 7.09. The van der Waals surface area contributed by atoms with Crippen LogP contribution in [0.4, 0.5) is 0 Å². The van der Waals surface area contributed by atoms with Gasteiger partial charge in [0.2, 0.25) is 0 Å². The molecular formula is C67H42N8. The summed E-state index contributed by atoms with van der Waals surface area (Å²) in [6, 6.07) is 85.7. The highest BCUT2D eigenvalue weighted by Crippen LogP contribution is 2.41. The summed E-state index contributed by atoms with van der Waals surface area (Å²) in [5.74, 6) is 2.60. The molecule has 0 radical (unpaired) electrons. The molecule has 15 rings (SSSR count). The van der Waals surface area contributed by atoms with Gasteiger partial charge in [0, 0.05) is 55.3 Å². The minimum Gasteiger partial charge on any atom is -0.309 e. The van der Waals surface area contributed by atoms with E-state index in [2.05, 4.69) is 177 Å². The van der Waals surface area contributed by atoms with E-state index in [9.17, 15) is 0 Å². The number of benzene rings is 9. The van der Waals surface area contributed by atoms with Crippen molar-refractivity contribution in [1.82, 2.24) is 38.6 Å². The molecule has 0 aliphatic carbocycles. The normalized spacial score (nSPS) is 11.7. The van der Waals surface area contributed by atoms with E-state index in [0.29, 0.717) is 23.2 Å². The smallest absolute Gasteiger partial charge is 0.182 e. The van der Waals surface area contributed by atoms with Crippen molar-refractivity contribution in [1.29, 1.82) is 0 Å². The first-order chi connectivity index (χ1) is 37.2. The number of hydrogen-bond donors (Lipinski definition) is 0. The lowest BCUT2D eigenvalue weighted by Gasteiger charge is -2.11. The molecular weight excluding hydrogens is 917 g/mol. The lowest BCUT2D eigenvalue weighted by molar-refractivity contribution is 1.05. The number of hydrogen-bond acceptors (Lipinski definition) is 5. The van der Waals surface area contributed by atoms with E-state index in [-0.39, 0.29) is 0 Å². The van der Waals surface area contributed by atoms with Gasteiger partial charge in [-0.3, -0.25) is 9.55 Å². The third-order valence-electron chi connectivity index (χ3n) is 14.6.